The predicted octanol–water partition coefficient (Wildman–Crippen LogP) is 2.42. The molecule has 3 aromatic rings. The summed E-state index contributed by atoms with van der Waals surface area (Å²) >= 11 is 0. The molecule has 0 unspecified atom stereocenters. The molecule has 0 aliphatic rings. The number of nitrogens with two attached hydrogens (primary N) is 1. The molecule has 0 saturated heterocycles. The predicted molar refractivity (Wildman–Crippen MR) is 77.9 cm³/mol. The summed E-state index contributed by atoms with van der Waals surface area (Å²) in [5.74, 6) is 0.0371. The van der Waals surface area contributed by atoms with Crippen molar-refractivity contribution in [3.05, 3.63) is 59.4 Å². The number of nitrogens with zero attached hydrogens (tertiary/aromatic N) is 4. The van der Waals surface area contributed by atoms with Crippen LogP contribution in [0.3, 0.4) is 0 Å². The summed E-state index contributed by atoms with van der Waals surface area (Å²) in [5, 5.41) is 11.6. The second-order valence-electron chi connectivity index (χ2n) is 4.82. The van der Waals surface area contributed by atoms with Crippen LogP contribution in [-0.4, -0.2) is 20.2 Å². The Kier molecular flexibility index (Phi) is 3.35. The van der Waals surface area contributed by atoms with Crippen molar-refractivity contribution >= 4 is 5.69 Å². The molecule has 2 aromatic carbocycles. The van der Waals surface area contributed by atoms with E-state index in [0.29, 0.717) is 17.9 Å². The molecule has 0 spiro atoms. The van der Waals surface area contributed by atoms with Crippen LogP contribution in [0, 0.1) is 12.7 Å². The van der Waals surface area contributed by atoms with Gasteiger partial charge >= 0.3 is 0 Å². The van der Waals surface area contributed by atoms with E-state index in [0.717, 1.165) is 11.1 Å². The van der Waals surface area contributed by atoms with Crippen molar-refractivity contribution in [3.8, 4) is 11.4 Å². The number of halogens is 1. The van der Waals surface area contributed by atoms with Crippen molar-refractivity contribution in [1.29, 1.82) is 0 Å². The number of nitrogen functional groups attached to an aromatic ring is 1. The molecule has 0 fully saturated rings. The average molecular weight is 283 g/mol. The first-order valence-electron chi connectivity index (χ1n) is 6.51. The van der Waals surface area contributed by atoms with E-state index >= 15 is 0 Å². The van der Waals surface area contributed by atoms with Gasteiger partial charge in [-0.2, -0.15) is 0 Å². The van der Waals surface area contributed by atoms with Crippen molar-refractivity contribution in [3.63, 3.8) is 0 Å². The van der Waals surface area contributed by atoms with E-state index in [1.165, 1.54) is 12.1 Å². The van der Waals surface area contributed by atoms with Crippen molar-refractivity contribution in [1.82, 2.24) is 20.2 Å². The van der Waals surface area contributed by atoms with Crippen molar-refractivity contribution in [2.45, 2.75) is 13.5 Å². The number of hydrogen-bond acceptors (Lipinski definition) is 4. The summed E-state index contributed by atoms with van der Waals surface area (Å²) in [6.07, 6.45) is 0. The highest BCUT2D eigenvalue weighted by molar-refractivity contribution is 5.59. The minimum Gasteiger partial charge on any atom is -0.396 e. The Morgan fingerprint density at radius 3 is 2.76 bits per heavy atom. The molecule has 5 nitrogen and oxygen atoms in total. The Balaban J connectivity index is 1.97. The molecule has 6 heteroatoms. The zero-order valence-electron chi connectivity index (χ0n) is 11.5. The van der Waals surface area contributed by atoms with Crippen LogP contribution in [0.1, 0.15) is 11.1 Å². The number of aromatic nitrogens is 4. The fourth-order valence-corrected chi connectivity index (χ4v) is 2.13. The van der Waals surface area contributed by atoms with Gasteiger partial charge in [-0.05, 0) is 46.7 Å². The Morgan fingerprint density at radius 1 is 1.19 bits per heavy atom. The zero-order valence-corrected chi connectivity index (χ0v) is 11.5. The highest BCUT2D eigenvalue weighted by Gasteiger charge is 2.12. The van der Waals surface area contributed by atoms with E-state index in [9.17, 15) is 4.39 Å². The molecular formula is C15H14FN5. The van der Waals surface area contributed by atoms with Crippen LogP contribution in [0.5, 0.6) is 0 Å². The minimum absolute atomic E-state index is 0.108. The molecule has 1 aromatic heterocycles. The van der Waals surface area contributed by atoms with E-state index < -0.39 is 5.82 Å². The molecule has 0 bridgehead atoms. The number of benzene rings is 2. The van der Waals surface area contributed by atoms with E-state index in [-0.39, 0.29) is 5.69 Å². The number of aryl methyl sites for hydroxylation is 1. The molecule has 0 saturated carbocycles. The first-order valence-corrected chi connectivity index (χ1v) is 6.51. The van der Waals surface area contributed by atoms with Crippen LogP contribution >= 0.6 is 0 Å². The van der Waals surface area contributed by atoms with Gasteiger partial charge < -0.3 is 5.73 Å². The molecule has 0 radical (unpaired) electrons. The Morgan fingerprint density at radius 2 is 2.00 bits per heavy atom. The molecule has 0 aliphatic carbocycles. The Labute approximate surface area is 121 Å². The molecule has 2 N–H and O–H groups in total. The molecular weight excluding hydrogens is 269 g/mol. The molecule has 0 aliphatic heterocycles. The van der Waals surface area contributed by atoms with Crippen molar-refractivity contribution in [2.24, 2.45) is 0 Å². The van der Waals surface area contributed by atoms with Crippen LogP contribution in [0.4, 0.5) is 10.1 Å². The van der Waals surface area contributed by atoms with Gasteiger partial charge in [-0.25, -0.2) is 9.07 Å². The summed E-state index contributed by atoms with van der Waals surface area (Å²) in [6, 6.07) is 12.6. The first kappa shape index (κ1) is 13.2. The SMILES string of the molecule is Cc1ccccc1Cn1nnnc1-c1ccc(N)c(F)c1. The van der Waals surface area contributed by atoms with Crippen LogP contribution in [-0.2, 0) is 6.54 Å². The van der Waals surface area contributed by atoms with Gasteiger partial charge in [-0.15, -0.1) is 5.10 Å². The Hall–Kier alpha value is -2.76. The molecule has 0 amide bonds. The van der Waals surface area contributed by atoms with Gasteiger partial charge in [0.15, 0.2) is 5.82 Å². The largest absolute Gasteiger partial charge is 0.396 e. The average Bonchev–Trinajstić information content (AvgIpc) is 2.93. The van der Waals surface area contributed by atoms with Crippen LogP contribution in [0.15, 0.2) is 42.5 Å². The second-order valence-corrected chi connectivity index (χ2v) is 4.82. The lowest BCUT2D eigenvalue weighted by atomic mass is 10.1. The molecule has 3 rings (SSSR count). The van der Waals surface area contributed by atoms with E-state index in [1.807, 2.05) is 31.2 Å². The third-order valence-corrected chi connectivity index (χ3v) is 3.37. The topological polar surface area (TPSA) is 69.6 Å². The highest BCUT2D eigenvalue weighted by atomic mass is 19.1. The van der Waals surface area contributed by atoms with Gasteiger partial charge in [0, 0.05) is 5.56 Å². The second kappa shape index (κ2) is 5.32. The number of anilines is 1. The maximum atomic E-state index is 13.6. The zero-order chi connectivity index (χ0) is 14.8. The molecule has 0 atom stereocenters. The summed E-state index contributed by atoms with van der Waals surface area (Å²) < 4.78 is 15.2. The van der Waals surface area contributed by atoms with Gasteiger partial charge in [0.05, 0.1) is 12.2 Å². The normalized spacial score (nSPS) is 10.8. The fraction of sp³-hybridized carbons (Fsp3) is 0.133. The smallest absolute Gasteiger partial charge is 0.182 e. The lowest BCUT2D eigenvalue weighted by Gasteiger charge is -2.08. The van der Waals surface area contributed by atoms with Crippen LogP contribution in [0.2, 0.25) is 0 Å². The van der Waals surface area contributed by atoms with Crippen molar-refractivity contribution < 1.29 is 4.39 Å². The van der Waals surface area contributed by atoms with Crippen molar-refractivity contribution in [2.75, 3.05) is 5.73 Å². The van der Waals surface area contributed by atoms with Crippen LogP contribution < -0.4 is 5.73 Å². The molecule has 106 valence electrons. The summed E-state index contributed by atoms with van der Waals surface area (Å²) in [6.45, 7) is 2.56. The lowest BCUT2D eigenvalue weighted by Crippen LogP contribution is -2.06. The van der Waals surface area contributed by atoms with Gasteiger partial charge in [0.25, 0.3) is 0 Å². The fourth-order valence-electron chi connectivity index (χ4n) is 2.13. The van der Waals surface area contributed by atoms with Gasteiger partial charge in [0.2, 0.25) is 0 Å². The van der Waals surface area contributed by atoms with Gasteiger partial charge in [-0.1, -0.05) is 24.3 Å². The lowest BCUT2D eigenvalue weighted by molar-refractivity contribution is 0.631. The van der Waals surface area contributed by atoms with Gasteiger partial charge in [-0.3, -0.25) is 0 Å². The maximum Gasteiger partial charge on any atom is 0.182 e. The highest BCUT2D eigenvalue weighted by Crippen LogP contribution is 2.21. The summed E-state index contributed by atoms with van der Waals surface area (Å²) in [5.41, 5.74) is 8.46. The van der Waals surface area contributed by atoms with E-state index in [2.05, 4.69) is 15.5 Å². The third kappa shape index (κ3) is 2.60. The van der Waals surface area contributed by atoms with Crippen LogP contribution in [0.25, 0.3) is 11.4 Å². The number of hydrogen-bond donors (Lipinski definition) is 1. The third-order valence-electron chi connectivity index (χ3n) is 3.37. The first-order chi connectivity index (χ1) is 10.1. The summed E-state index contributed by atoms with van der Waals surface area (Å²) in [7, 11) is 0. The van der Waals surface area contributed by atoms with Gasteiger partial charge in [0.1, 0.15) is 5.82 Å². The standard InChI is InChI=1S/C15H14FN5/c1-10-4-2-3-5-12(10)9-21-15(18-19-20-21)11-6-7-14(17)13(16)8-11/h2-8H,9,17H2,1H3. The maximum absolute atomic E-state index is 13.6. The Bertz CT molecular complexity index is 781. The number of tetrazole rings is 1. The summed E-state index contributed by atoms with van der Waals surface area (Å²) in [4.78, 5) is 0. The van der Waals surface area contributed by atoms with E-state index in [4.69, 9.17) is 5.73 Å². The minimum atomic E-state index is -0.474. The van der Waals surface area contributed by atoms with E-state index in [1.54, 1.807) is 10.7 Å². The quantitative estimate of drug-likeness (QED) is 0.749. The number of rotatable bonds is 3. The molecule has 1 heterocycles. The molecule has 21 heavy (non-hydrogen) atoms. The monoisotopic (exact) mass is 283 g/mol.